The average molecular weight is 249 g/mol. The SMILES string of the molecule is C[C@H]1CN(CCC(=O)O)C[C@@H](c2ccccc2)O1. The van der Waals surface area contributed by atoms with Crippen molar-refractivity contribution in [2.75, 3.05) is 19.6 Å². The number of benzene rings is 1. The molecular weight excluding hydrogens is 230 g/mol. The van der Waals surface area contributed by atoms with E-state index in [2.05, 4.69) is 17.0 Å². The Kier molecular flexibility index (Phi) is 4.33. The molecule has 1 fully saturated rings. The zero-order chi connectivity index (χ0) is 13.0. The summed E-state index contributed by atoms with van der Waals surface area (Å²) in [5, 5.41) is 8.74. The predicted octanol–water partition coefficient (Wildman–Crippen LogP) is 1.92. The Morgan fingerprint density at radius 3 is 2.78 bits per heavy atom. The van der Waals surface area contributed by atoms with Gasteiger partial charge in [0, 0.05) is 19.6 Å². The van der Waals surface area contributed by atoms with Crippen LogP contribution >= 0.6 is 0 Å². The van der Waals surface area contributed by atoms with E-state index in [0.717, 1.165) is 18.7 Å². The summed E-state index contributed by atoms with van der Waals surface area (Å²) >= 11 is 0. The molecule has 4 heteroatoms. The van der Waals surface area contributed by atoms with Crippen LogP contribution in [0.25, 0.3) is 0 Å². The molecule has 0 spiro atoms. The lowest BCUT2D eigenvalue weighted by molar-refractivity contribution is -0.138. The van der Waals surface area contributed by atoms with Gasteiger partial charge in [0.1, 0.15) is 0 Å². The van der Waals surface area contributed by atoms with Crippen LogP contribution in [-0.2, 0) is 9.53 Å². The van der Waals surface area contributed by atoms with Crippen LogP contribution in [0.2, 0.25) is 0 Å². The maximum Gasteiger partial charge on any atom is 0.304 e. The third-order valence-corrected chi connectivity index (χ3v) is 3.15. The molecule has 1 aliphatic rings. The molecule has 2 rings (SSSR count). The number of carboxylic acid groups (broad SMARTS) is 1. The first-order valence-electron chi connectivity index (χ1n) is 6.29. The zero-order valence-electron chi connectivity index (χ0n) is 10.6. The molecule has 98 valence electrons. The highest BCUT2D eigenvalue weighted by Gasteiger charge is 2.26. The number of hydrogen-bond acceptors (Lipinski definition) is 3. The summed E-state index contributed by atoms with van der Waals surface area (Å²) in [6, 6.07) is 10.1. The summed E-state index contributed by atoms with van der Waals surface area (Å²) in [6.45, 7) is 4.19. The van der Waals surface area contributed by atoms with Crippen LogP contribution in [0.1, 0.15) is 25.0 Å². The van der Waals surface area contributed by atoms with Crippen LogP contribution in [0.15, 0.2) is 30.3 Å². The highest BCUT2D eigenvalue weighted by atomic mass is 16.5. The standard InChI is InChI=1S/C14H19NO3/c1-11-9-15(8-7-14(16)17)10-13(18-11)12-5-3-2-4-6-12/h2-6,11,13H,7-10H2,1H3,(H,16,17)/t11-,13-/m0/s1. The molecule has 0 aromatic heterocycles. The Morgan fingerprint density at radius 2 is 2.11 bits per heavy atom. The van der Waals surface area contributed by atoms with Crippen molar-refractivity contribution < 1.29 is 14.6 Å². The molecule has 1 aliphatic heterocycles. The van der Waals surface area contributed by atoms with Gasteiger partial charge in [-0.15, -0.1) is 0 Å². The molecule has 1 saturated heterocycles. The van der Waals surface area contributed by atoms with Crippen LogP contribution in [0.3, 0.4) is 0 Å². The minimum atomic E-state index is -0.745. The van der Waals surface area contributed by atoms with E-state index in [0.29, 0.717) is 6.54 Å². The lowest BCUT2D eigenvalue weighted by Gasteiger charge is -2.36. The fraction of sp³-hybridized carbons (Fsp3) is 0.500. The second-order valence-electron chi connectivity index (χ2n) is 4.75. The Balaban J connectivity index is 1.98. The van der Waals surface area contributed by atoms with E-state index in [1.165, 1.54) is 0 Å². The van der Waals surface area contributed by atoms with E-state index in [9.17, 15) is 4.79 Å². The van der Waals surface area contributed by atoms with Gasteiger partial charge in [-0.2, -0.15) is 0 Å². The monoisotopic (exact) mass is 249 g/mol. The van der Waals surface area contributed by atoms with Gasteiger partial charge < -0.3 is 9.84 Å². The summed E-state index contributed by atoms with van der Waals surface area (Å²) in [5.41, 5.74) is 1.16. The zero-order valence-corrected chi connectivity index (χ0v) is 10.6. The van der Waals surface area contributed by atoms with E-state index < -0.39 is 5.97 Å². The first kappa shape index (κ1) is 13.1. The lowest BCUT2D eigenvalue weighted by atomic mass is 10.1. The third-order valence-electron chi connectivity index (χ3n) is 3.15. The number of hydrogen-bond donors (Lipinski definition) is 1. The number of ether oxygens (including phenoxy) is 1. The summed E-state index contributed by atoms with van der Waals surface area (Å²) in [4.78, 5) is 12.8. The summed E-state index contributed by atoms with van der Waals surface area (Å²) in [6.07, 6.45) is 0.371. The molecule has 1 N–H and O–H groups in total. The van der Waals surface area contributed by atoms with Crippen LogP contribution in [0.4, 0.5) is 0 Å². The van der Waals surface area contributed by atoms with Gasteiger partial charge in [-0.05, 0) is 12.5 Å². The lowest BCUT2D eigenvalue weighted by Crippen LogP contribution is -2.43. The minimum absolute atomic E-state index is 0.0451. The molecule has 1 aromatic carbocycles. The molecule has 0 amide bonds. The van der Waals surface area contributed by atoms with E-state index in [1.54, 1.807) is 0 Å². The van der Waals surface area contributed by atoms with Gasteiger partial charge in [-0.3, -0.25) is 9.69 Å². The maximum atomic E-state index is 10.6. The quantitative estimate of drug-likeness (QED) is 0.885. The van der Waals surface area contributed by atoms with Crippen molar-refractivity contribution in [2.45, 2.75) is 25.6 Å². The normalized spacial score (nSPS) is 24.9. The number of morpholine rings is 1. The van der Waals surface area contributed by atoms with Crippen molar-refractivity contribution in [2.24, 2.45) is 0 Å². The molecule has 1 aromatic rings. The molecule has 0 unspecified atom stereocenters. The molecule has 18 heavy (non-hydrogen) atoms. The van der Waals surface area contributed by atoms with Crippen LogP contribution in [-0.4, -0.2) is 41.7 Å². The van der Waals surface area contributed by atoms with Crippen LogP contribution in [0.5, 0.6) is 0 Å². The van der Waals surface area contributed by atoms with Crippen molar-refractivity contribution in [1.29, 1.82) is 0 Å². The molecule has 0 aliphatic carbocycles. The Bertz CT molecular complexity index is 393. The molecule has 0 radical (unpaired) electrons. The van der Waals surface area contributed by atoms with E-state index in [4.69, 9.17) is 9.84 Å². The molecule has 4 nitrogen and oxygen atoms in total. The largest absolute Gasteiger partial charge is 0.481 e. The first-order valence-corrected chi connectivity index (χ1v) is 6.29. The maximum absolute atomic E-state index is 10.6. The van der Waals surface area contributed by atoms with Gasteiger partial charge in [0.2, 0.25) is 0 Å². The molecule has 0 bridgehead atoms. The van der Waals surface area contributed by atoms with Crippen LogP contribution < -0.4 is 0 Å². The van der Waals surface area contributed by atoms with Gasteiger partial charge in [-0.25, -0.2) is 0 Å². The minimum Gasteiger partial charge on any atom is -0.481 e. The fourth-order valence-electron chi connectivity index (χ4n) is 2.33. The first-order chi connectivity index (χ1) is 8.65. The fourth-order valence-corrected chi connectivity index (χ4v) is 2.33. The van der Waals surface area contributed by atoms with Gasteiger partial charge in [-0.1, -0.05) is 30.3 Å². The van der Waals surface area contributed by atoms with Crippen molar-refractivity contribution in [3.05, 3.63) is 35.9 Å². The van der Waals surface area contributed by atoms with Crippen molar-refractivity contribution >= 4 is 5.97 Å². The molecule has 2 atom stereocenters. The number of aliphatic carboxylic acids is 1. The van der Waals surface area contributed by atoms with Crippen molar-refractivity contribution in [3.63, 3.8) is 0 Å². The second kappa shape index (κ2) is 5.98. The Hall–Kier alpha value is -1.39. The van der Waals surface area contributed by atoms with Crippen molar-refractivity contribution in [1.82, 2.24) is 4.90 Å². The van der Waals surface area contributed by atoms with Gasteiger partial charge in [0.05, 0.1) is 18.6 Å². The Labute approximate surface area is 107 Å². The van der Waals surface area contributed by atoms with Gasteiger partial charge in [0.15, 0.2) is 0 Å². The number of nitrogens with zero attached hydrogens (tertiary/aromatic N) is 1. The van der Waals surface area contributed by atoms with E-state index in [1.807, 2.05) is 25.1 Å². The number of carboxylic acids is 1. The summed E-state index contributed by atoms with van der Waals surface area (Å²) in [5.74, 6) is -0.745. The van der Waals surface area contributed by atoms with Crippen molar-refractivity contribution in [3.8, 4) is 0 Å². The van der Waals surface area contributed by atoms with E-state index in [-0.39, 0.29) is 18.6 Å². The average Bonchev–Trinajstić information content (AvgIpc) is 2.37. The van der Waals surface area contributed by atoms with Gasteiger partial charge >= 0.3 is 5.97 Å². The highest BCUT2D eigenvalue weighted by molar-refractivity contribution is 5.66. The molecular formula is C14H19NO3. The number of carbonyl (C=O) groups is 1. The molecule has 1 heterocycles. The second-order valence-corrected chi connectivity index (χ2v) is 4.75. The van der Waals surface area contributed by atoms with E-state index >= 15 is 0 Å². The summed E-state index contributed by atoms with van der Waals surface area (Å²) < 4.78 is 5.92. The third kappa shape index (κ3) is 3.55. The van der Waals surface area contributed by atoms with Gasteiger partial charge in [0.25, 0.3) is 0 Å². The smallest absolute Gasteiger partial charge is 0.304 e. The highest BCUT2D eigenvalue weighted by Crippen LogP contribution is 2.24. The van der Waals surface area contributed by atoms with Crippen LogP contribution in [0, 0.1) is 0 Å². The number of rotatable bonds is 4. The topological polar surface area (TPSA) is 49.8 Å². The molecule has 0 saturated carbocycles. The Morgan fingerprint density at radius 1 is 1.39 bits per heavy atom. The predicted molar refractivity (Wildman–Crippen MR) is 68.4 cm³/mol. The summed E-state index contributed by atoms with van der Waals surface area (Å²) in [7, 11) is 0.